The van der Waals surface area contributed by atoms with Crippen molar-refractivity contribution in [3.05, 3.63) is 64.1 Å². The maximum absolute atomic E-state index is 12.3. The van der Waals surface area contributed by atoms with Crippen molar-refractivity contribution in [3.8, 4) is 6.07 Å². The van der Waals surface area contributed by atoms with Gasteiger partial charge in [0.1, 0.15) is 11.9 Å². The first kappa shape index (κ1) is 19.3. The second-order valence-electron chi connectivity index (χ2n) is 5.92. The predicted molar refractivity (Wildman–Crippen MR) is 109 cm³/mol. The van der Waals surface area contributed by atoms with Crippen LogP contribution in [0.4, 0.5) is 5.82 Å². The van der Waals surface area contributed by atoms with Crippen LogP contribution in [-0.2, 0) is 10.0 Å². The lowest BCUT2D eigenvalue weighted by atomic mass is 10.1. The summed E-state index contributed by atoms with van der Waals surface area (Å²) in [6.07, 6.45) is 0. The zero-order valence-electron chi connectivity index (χ0n) is 14.5. The highest BCUT2D eigenvalue weighted by atomic mass is 79.9. The maximum Gasteiger partial charge on any atom is 0.240 e. The zero-order chi connectivity index (χ0) is 19.4. The molecule has 1 heterocycles. The number of hydrogen-bond acceptors (Lipinski definition) is 5. The number of sulfonamides is 1. The van der Waals surface area contributed by atoms with E-state index in [1.54, 1.807) is 18.2 Å². The number of fused-ring (bicyclic) bond motifs is 1. The Balaban J connectivity index is 1.69. The Morgan fingerprint density at radius 3 is 2.59 bits per heavy atom. The van der Waals surface area contributed by atoms with E-state index in [4.69, 9.17) is 0 Å². The number of nitriles is 1. The fraction of sp³-hybridized carbons (Fsp3) is 0.158. The second-order valence-corrected chi connectivity index (χ2v) is 8.60. The number of halogens is 1. The third-order valence-electron chi connectivity index (χ3n) is 4.00. The van der Waals surface area contributed by atoms with Crippen LogP contribution < -0.4 is 10.0 Å². The third-order valence-corrected chi connectivity index (χ3v) is 6.01. The largest absolute Gasteiger partial charge is 0.368 e. The first-order valence-electron chi connectivity index (χ1n) is 8.20. The molecule has 0 saturated carbocycles. The molecule has 2 aromatic carbocycles. The Hall–Kier alpha value is -2.47. The average molecular weight is 445 g/mol. The number of hydrogen-bond donors (Lipinski definition) is 2. The molecule has 0 amide bonds. The number of para-hydroxylation sites is 1. The first-order valence-corrected chi connectivity index (χ1v) is 10.5. The third kappa shape index (κ3) is 4.45. The van der Waals surface area contributed by atoms with Crippen LogP contribution in [0.3, 0.4) is 0 Å². The van der Waals surface area contributed by atoms with Gasteiger partial charge in [0.15, 0.2) is 0 Å². The van der Waals surface area contributed by atoms with E-state index in [9.17, 15) is 13.7 Å². The summed E-state index contributed by atoms with van der Waals surface area (Å²) in [4.78, 5) is 4.73. The van der Waals surface area contributed by atoms with Gasteiger partial charge >= 0.3 is 0 Å². The molecular formula is C19H17BrN4O2S. The normalized spacial score (nSPS) is 11.3. The molecule has 0 radical (unpaired) electrons. The number of rotatable bonds is 6. The van der Waals surface area contributed by atoms with Gasteiger partial charge < -0.3 is 5.32 Å². The van der Waals surface area contributed by atoms with Crippen molar-refractivity contribution >= 4 is 42.7 Å². The maximum atomic E-state index is 12.3. The van der Waals surface area contributed by atoms with Crippen LogP contribution >= 0.6 is 15.9 Å². The quantitative estimate of drug-likeness (QED) is 0.566. The molecule has 0 spiro atoms. The van der Waals surface area contributed by atoms with Crippen LogP contribution in [0.25, 0.3) is 10.9 Å². The van der Waals surface area contributed by atoms with Crippen molar-refractivity contribution in [2.24, 2.45) is 0 Å². The molecule has 6 nitrogen and oxygen atoms in total. The number of benzene rings is 2. The highest BCUT2D eigenvalue weighted by molar-refractivity contribution is 9.10. The second kappa shape index (κ2) is 8.05. The number of nitrogens with zero attached hydrogens (tertiary/aromatic N) is 2. The summed E-state index contributed by atoms with van der Waals surface area (Å²) in [7, 11) is -3.58. The van der Waals surface area contributed by atoms with Gasteiger partial charge in [-0.3, -0.25) is 0 Å². The van der Waals surface area contributed by atoms with Crippen molar-refractivity contribution in [2.75, 3.05) is 18.4 Å². The molecule has 1 aromatic heterocycles. The van der Waals surface area contributed by atoms with Crippen LogP contribution in [-0.4, -0.2) is 26.5 Å². The number of aryl methyl sites for hydroxylation is 1. The van der Waals surface area contributed by atoms with Gasteiger partial charge in [-0.25, -0.2) is 18.1 Å². The van der Waals surface area contributed by atoms with Crippen molar-refractivity contribution in [1.29, 1.82) is 5.26 Å². The summed E-state index contributed by atoms with van der Waals surface area (Å²) in [6, 6.07) is 16.1. The van der Waals surface area contributed by atoms with E-state index in [2.05, 4.69) is 37.0 Å². The summed E-state index contributed by atoms with van der Waals surface area (Å²) in [5.74, 6) is 0.446. The van der Waals surface area contributed by atoms with E-state index in [1.807, 2.05) is 25.1 Å². The number of pyridine rings is 1. The molecule has 138 valence electrons. The Morgan fingerprint density at radius 1 is 1.15 bits per heavy atom. The molecule has 0 aliphatic rings. The van der Waals surface area contributed by atoms with Crippen LogP contribution in [0.15, 0.2) is 57.9 Å². The molecule has 8 heteroatoms. The van der Waals surface area contributed by atoms with Crippen LogP contribution in [0, 0.1) is 18.3 Å². The van der Waals surface area contributed by atoms with E-state index < -0.39 is 10.0 Å². The van der Waals surface area contributed by atoms with Gasteiger partial charge in [-0.1, -0.05) is 34.1 Å². The zero-order valence-corrected chi connectivity index (χ0v) is 16.9. The highest BCUT2D eigenvalue weighted by Gasteiger charge is 2.13. The van der Waals surface area contributed by atoms with Gasteiger partial charge in [0.25, 0.3) is 0 Å². The number of anilines is 1. The molecule has 0 atom stereocenters. The first-order chi connectivity index (χ1) is 12.9. The Kier molecular flexibility index (Phi) is 5.75. The van der Waals surface area contributed by atoms with Gasteiger partial charge in [0, 0.05) is 22.9 Å². The molecule has 27 heavy (non-hydrogen) atoms. The lowest BCUT2D eigenvalue weighted by molar-refractivity contribution is 0.583. The lowest BCUT2D eigenvalue weighted by Gasteiger charge is -2.11. The molecule has 0 aliphatic carbocycles. The van der Waals surface area contributed by atoms with Crippen molar-refractivity contribution in [3.63, 3.8) is 0 Å². The molecule has 0 aliphatic heterocycles. The van der Waals surface area contributed by atoms with Gasteiger partial charge in [-0.2, -0.15) is 5.26 Å². The van der Waals surface area contributed by atoms with Gasteiger partial charge in [-0.15, -0.1) is 0 Å². The van der Waals surface area contributed by atoms with Crippen molar-refractivity contribution < 1.29 is 8.42 Å². The molecule has 0 fully saturated rings. The lowest BCUT2D eigenvalue weighted by Crippen LogP contribution is -2.29. The Labute approximate surface area is 166 Å². The summed E-state index contributed by atoms with van der Waals surface area (Å²) >= 11 is 3.28. The summed E-state index contributed by atoms with van der Waals surface area (Å²) in [5.41, 5.74) is 2.24. The number of aromatic nitrogens is 1. The van der Waals surface area contributed by atoms with Crippen LogP contribution in [0.2, 0.25) is 0 Å². The SMILES string of the molecule is Cc1cccc2cc(C#N)c(NCCNS(=O)(=O)c3ccc(Br)cc3)nc12. The monoisotopic (exact) mass is 444 g/mol. The fourth-order valence-corrected chi connectivity index (χ4v) is 3.93. The fourth-order valence-electron chi connectivity index (χ4n) is 2.63. The van der Waals surface area contributed by atoms with E-state index >= 15 is 0 Å². The van der Waals surface area contributed by atoms with Crippen molar-refractivity contribution in [2.45, 2.75) is 11.8 Å². The molecule has 3 rings (SSSR count). The Bertz CT molecular complexity index is 1120. The molecule has 0 unspecified atom stereocenters. The minimum atomic E-state index is -3.58. The minimum absolute atomic E-state index is 0.163. The summed E-state index contributed by atoms with van der Waals surface area (Å²) in [5, 5.41) is 13.3. The molecule has 3 aromatic rings. The smallest absolute Gasteiger partial charge is 0.240 e. The van der Waals surface area contributed by atoms with E-state index in [0.717, 1.165) is 20.9 Å². The van der Waals surface area contributed by atoms with E-state index in [0.29, 0.717) is 17.9 Å². The number of nitrogens with one attached hydrogen (secondary N) is 2. The molecule has 0 bridgehead atoms. The average Bonchev–Trinajstić information content (AvgIpc) is 2.65. The van der Waals surface area contributed by atoms with E-state index in [-0.39, 0.29) is 11.4 Å². The van der Waals surface area contributed by atoms with Gasteiger partial charge in [0.05, 0.1) is 16.0 Å². The van der Waals surface area contributed by atoms with Crippen molar-refractivity contribution in [1.82, 2.24) is 9.71 Å². The highest BCUT2D eigenvalue weighted by Crippen LogP contribution is 2.22. The molecule has 0 saturated heterocycles. The van der Waals surface area contributed by atoms with Gasteiger partial charge in [-0.05, 0) is 42.8 Å². The van der Waals surface area contributed by atoms with Crippen LogP contribution in [0.5, 0.6) is 0 Å². The van der Waals surface area contributed by atoms with Gasteiger partial charge in [0.2, 0.25) is 10.0 Å². The van der Waals surface area contributed by atoms with Crippen LogP contribution in [0.1, 0.15) is 11.1 Å². The summed E-state index contributed by atoms with van der Waals surface area (Å²) < 4.78 is 27.9. The van der Waals surface area contributed by atoms with E-state index in [1.165, 1.54) is 12.1 Å². The topological polar surface area (TPSA) is 94.9 Å². The predicted octanol–water partition coefficient (Wildman–Crippen LogP) is 3.57. The standard InChI is InChI=1S/C19H17BrN4O2S/c1-13-3-2-4-14-11-15(12-21)19(24-18(13)14)22-9-10-23-27(25,26)17-7-5-16(20)6-8-17/h2-8,11,23H,9-10H2,1H3,(H,22,24). The molecule has 2 N–H and O–H groups in total. The minimum Gasteiger partial charge on any atom is -0.368 e. The summed E-state index contributed by atoms with van der Waals surface area (Å²) in [6.45, 7) is 2.42. The Morgan fingerprint density at radius 2 is 1.89 bits per heavy atom. The molecular weight excluding hydrogens is 428 g/mol.